The summed E-state index contributed by atoms with van der Waals surface area (Å²) in [6.07, 6.45) is 1.30. The lowest BCUT2D eigenvalue weighted by molar-refractivity contribution is -0.384. The summed E-state index contributed by atoms with van der Waals surface area (Å²) >= 11 is 6.76. The molecule has 0 unspecified atom stereocenters. The molecular formula is C26H20Br2N4O5. The van der Waals surface area contributed by atoms with Crippen LogP contribution in [0.5, 0.6) is 5.75 Å². The zero-order valence-electron chi connectivity index (χ0n) is 19.7. The fraction of sp³-hybridized carbons (Fsp3) is 0.115. The van der Waals surface area contributed by atoms with Gasteiger partial charge in [-0.2, -0.15) is 5.26 Å². The highest BCUT2D eigenvalue weighted by atomic mass is 79.9. The van der Waals surface area contributed by atoms with E-state index in [0.717, 1.165) is 11.1 Å². The molecule has 0 heterocycles. The Balaban J connectivity index is 1.81. The van der Waals surface area contributed by atoms with Gasteiger partial charge in [0.05, 0.1) is 9.40 Å². The summed E-state index contributed by atoms with van der Waals surface area (Å²) in [5.74, 6) is -0.913. The second-order valence-corrected chi connectivity index (χ2v) is 9.64. The molecule has 0 radical (unpaired) electrons. The van der Waals surface area contributed by atoms with Crippen LogP contribution in [0.1, 0.15) is 16.7 Å². The maximum Gasteiger partial charge on any atom is 0.271 e. The molecule has 3 rings (SSSR count). The van der Waals surface area contributed by atoms with Gasteiger partial charge < -0.3 is 15.4 Å². The summed E-state index contributed by atoms with van der Waals surface area (Å²) in [4.78, 5) is 35.6. The van der Waals surface area contributed by atoms with Gasteiger partial charge in [0.25, 0.3) is 17.5 Å². The van der Waals surface area contributed by atoms with Crippen LogP contribution < -0.4 is 15.4 Å². The highest BCUT2D eigenvalue weighted by Crippen LogP contribution is 2.34. The van der Waals surface area contributed by atoms with Crippen LogP contribution in [0, 0.1) is 35.3 Å². The Morgan fingerprint density at radius 3 is 2.46 bits per heavy atom. The lowest BCUT2D eigenvalue weighted by Gasteiger charge is -2.13. The average Bonchev–Trinajstić information content (AvgIpc) is 2.84. The van der Waals surface area contributed by atoms with Gasteiger partial charge in [0.15, 0.2) is 6.61 Å². The molecule has 0 aliphatic heterocycles. The number of aryl methyl sites for hydroxylation is 2. The number of hydrogen-bond acceptors (Lipinski definition) is 6. The molecule has 0 aliphatic carbocycles. The molecular weight excluding hydrogens is 608 g/mol. The fourth-order valence-corrected chi connectivity index (χ4v) is 4.57. The van der Waals surface area contributed by atoms with Crippen LogP contribution in [0.25, 0.3) is 6.08 Å². The van der Waals surface area contributed by atoms with Crippen molar-refractivity contribution >= 4 is 66.8 Å². The number of hydrogen-bond donors (Lipinski definition) is 2. The number of nitrogens with zero attached hydrogens (tertiary/aromatic N) is 2. The van der Waals surface area contributed by atoms with E-state index in [0.29, 0.717) is 20.2 Å². The van der Waals surface area contributed by atoms with E-state index in [1.807, 2.05) is 32.0 Å². The van der Waals surface area contributed by atoms with Gasteiger partial charge in [-0.3, -0.25) is 19.7 Å². The maximum absolute atomic E-state index is 12.7. The quantitative estimate of drug-likeness (QED) is 0.130. The number of benzene rings is 3. The smallest absolute Gasteiger partial charge is 0.271 e. The van der Waals surface area contributed by atoms with Crippen molar-refractivity contribution in [3.63, 3.8) is 0 Å². The molecule has 0 bridgehead atoms. The molecule has 3 aromatic carbocycles. The van der Waals surface area contributed by atoms with Crippen LogP contribution in [0.4, 0.5) is 17.1 Å². The number of non-ortho nitro benzene ring substituents is 1. The van der Waals surface area contributed by atoms with Crippen LogP contribution in [0.2, 0.25) is 0 Å². The van der Waals surface area contributed by atoms with Gasteiger partial charge in [-0.05, 0) is 77.3 Å². The molecule has 0 aliphatic rings. The molecule has 2 N–H and O–H groups in total. The van der Waals surface area contributed by atoms with Crippen LogP contribution in [0.15, 0.2) is 69.1 Å². The number of ether oxygens (including phenoxy) is 1. The van der Waals surface area contributed by atoms with Gasteiger partial charge in [-0.15, -0.1) is 0 Å². The highest BCUT2D eigenvalue weighted by Gasteiger charge is 2.16. The standard InChI is InChI=1S/C26H20Br2N4O5/c1-15-6-7-21(8-16(15)2)30-24(33)14-37-25-17(10-19(27)11-23(25)28)9-18(13-29)26(34)31-20-4-3-5-22(12-20)32(35)36/h3-12H,14H2,1-2H3,(H,30,33)(H,31,34)/b18-9-. The van der Waals surface area contributed by atoms with Crippen molar-refractivity contribution in [2.75, 3.05) is 17.2 Å². The fourth-order valence-electron chi connectivity index (χ4n) is 3.19. The second-order valence-electron chi connectivity index (χ2n) is 7.87. The molecule has 37 heavy (non-hydrogen) atoms. The number of nitriles is 1. The minimum atomic E-state index is -0.766. The van der Waals surface area contributed by atoms with Crippen molar-refractivity contribution in [1.29, 1.82) is 5.26 Å². The first-order valence-corrected chi connectivity index (χ1v) is 12.3. The minimum absolute atomic E-state index is 0.162. The molecule has 0 saturated heterocycles. The van der Waals surface area contributed by atoms with E-state index >= 15 is 0 Å². The predicted octanol–water partition coefficient (Wildman–Crippen LogP) is 6.30. The Kier molecular flexibility index (Phi) is 9.16. The Morgan fingerprint density at radius 1 is 1.05 bits per heavy atom. The SMILES string of the molecule is Cc1ccc(NC(=O)COc2c(Br)cc(Br)cc2/C=C(/C#N)C(=O)Nc2cccc([N+](=O)[O-])c2)cc1C. The zero-order chi connectivity index (χ0) is 27.1. The van der Waals surface area contributed by atoms with E-state index in [1.165, 1.54) is 30.3 Å². The molecule has 0 fully saturated rings. The van der Waals surface area contributed by atoms with Crippen molar-refractivity contribution in [1.82, 2.24) is 0 Å². The summed E-state index contributed by atoms with van der Waals surface area (Å²) in [5, 5.41) is 25.9. The highest BCUT2D eigenvalue weighted by molar-refractivity contribution is 9.11. The molecule has 0 atom stereocenters. The van der Waals surface area contributed by atoms with Crippen LogP contribution >= 0.6 is 31.9 Å². The third-order valence-corrected chi connectivity index (χ3v) is 6.20. The van der Waals surface area contributed by atoms with Crippen molar-refractivity contribution in [3.05, 3.63) is 95.9 Å². The van der Waals surface area contributed by atoms with E-state index in [-0.39, 0.29) is 29.3 Å². The number of rotatable bonds is 8. The number of carbonyl (C=O) groups is 2. The largest absolute Gasteiger partial charge is 0.482 e. The summed E-state index contributed by atoms with van der Waals surface area (Å²) < 4.78 is 6.88. The molecule has 0 saturated carbocycles. The third-order valence-electron chi connectivity index (χ3n) is 5.16. The lowest BCUT2D eigenvalue weighted by Crippen LogP contribution is -2.20. The maximum atomic E-state index is 12.7. The van der Waals surface area contributed by atoms with Crippen LogP contribution in [0.3, 0.4) is 0 Å². The average molecular weight is 628 g/mol. The van der Waals surface area contributed by atoms with Crippen molar-refractivity contribution in [2.45, 2.75) is 13.8 Å². The van der Waals surface area contributed by atoms with Gasteiger partial charge in [0.2, 0.25) is 0 Å². The number of nitro benzene ring substituents is 1. The second kappa shape index (κ2) is 12.3. The topological polar surface area (TPSA) is 134 Å². The van der Waals surface area contributed by atoms with E-state index in [4.69, 9.17) is 4.74 Å². The number of carbonyl (C=O) groups excluding carboxylic acids is 2. The number of nitrogens with one attached hydrogen (secondary N) is 2. The Morgan fingerprint density at radius 2 is 1.78 bits per heavy atom. The van der Waals surface area contributed by atoms with Gasteiger partial charge in [-0.1, -0.05) is 28.1 Å². The predicted molar refractivity (Wildman–Crippen MR) is 147 cm³/mol. The number of nitro groups is 1. The Labute approximate surface area is 229 Å². The molecule has 188 valence electrons. The zero-order valence-corrected chi connectivity index (χ0v) is 22.8. The summed E-state index contributed by atoms with van der Waals surface area (Å²) in [7, 11) is 0. The van der Waals surface area contributed by atoms with Crippen LogP contribution in [-0.2, 0) is 9.59 Å². The number of amides is 2. The third kappa shape index (κ3) is 7.49. The summed E-state index contributed by atoms with van der Waals surface area (Å²) in [6, 6.07) is 16.1. The van der Waals surface area contributed by atoms with E-state index in [9.17, 15) is 25.0 Å². The Bertz CT molecular complexity index is 1460. The first-order chi connectivity index (χ1) is 17.6. The molecule has 0 spiro atoms. The van der Waals surface area contributed by atoms with Crippen molar-refractivity contribution < 1.29 is 19.2 Å². The summed E-state index contributed by atoms with van der Waals surface area (Å²) in [5.41, 5.74) is 2.81. The summed E-state index contributed by atoms with van der Waals surface area (Å²) in [6.45, 7) is 3.60. The molecule has 2 amide bonds. The molecule has 0 aromatic heterocycles. The van der Waals surface area contributed by atoms with E-state index in [2.05, 4.69) is 42.5 Å². The monoisotopic (exact) mass is 626 g/mol. The number of anilines is 2. The van der Waals surface area contributed by atoms with Crippen molar-refractivity contribution in [3.8, 4) is 11.8 Å². The molecule has 3 aromatic rings. The van der Waals surface area contributed by atoms with Gasteiger partial charge >= 0.3 is 0 Å². The minimum Gasteiger partial charge on any atom is -0.482 e. The van der Waals surface area contributed by atoms with E-state index < -0.39 is 16.7 Å². The van der Waals surface area contributed by atoms with E-state index in [1.54, 1.807) is 18.2 Å². The molecule has 11 heteroatoms. The van der Waals surface area contributed by atoms with Gasteiger partial charge in [0.1, 0.15) is 17.4 Å². The lowest BCUT2D eigenvalue weighted by atomic mass is 10.1. The number of halogens is 2. The molecule has 9 nitrogen and oxygen atoms in total. The van der Waals surface area contributed by atoms with Crippen molar-refractivity contribution in [2.24, 2.45) is 0 Å². The van der Waals surface area contributed by atoms with Gasteiger partial charge in [0, 0.05) is 33.5 Å². The first kappa shape index (κ1) is 27.6. The normalized spacial score (nSPS) is 10.8. The Hall–Kier alpha value is -4.01. The van der Waals surface area contributed by atoms with Gasteiger partial charge in [-0.25, -0.2) is 0 Å². The van der Waals surface area contributed by atoms with Crippen LogP contribution in [-0.4, -0.2) is 23.3 Å². The first-order valence-electron chi connectivity index (χ1n) is 10.7.